The number of hydrogen-bond acceptors (Lipinski definition) is 3. The minimum Gasteiger partial charge on any atom is -0.478 e. The minimum atomic E-state index is -1.07. The first-order valence-electron chi connectivity index (χ1n) is 6.27. The number of hydrogen-bond donors (Lipinski definition) is 3. The van der Waals surface area contributed by atoms with Crippen molar-refractivity contribution in [1.29, 1.82) is 0 Å². The number of aromatic nitrogens is 1. The summed E-state index contributed by atoms with van der Waals surface area (Å²) in [5, 5.41) is 14.5. The Labute approximate surface area is 124 Å². The van der Waals surface area contributed by atoms with Crippen molar-refractivity contribution < 1.29 is 14.7 Å². The van der Waals surface area contributed by atoms with Crippen LogP contribution in [0.15, 0.2) is 35.8 Å². The van der Waals surface area contributed by atoms with E-state index < -0.39 is 5.97 Å². The molecule has 3 N–H and O–H groups in total. The summed E-state index contributed by atoms with van der Waals surface area (Å²) in [6.07, 6.45) is 1.49. The Morgan fingerprint density at radius 3 is 2.81 bits per heavy atom. The van der Waals surface area contributed by atoms with Crippen molar-refractivity contribution >= 4 is 39.0 Å². The molecule has 0 fully saturated rings. The molecule has 6 heteroatoms. The van der Waals surface area contributed by atoms with E-state index in [2.05, 4.69) is 10.3 Å². The van der Waals surface area contributed by atoms with E-state index in [1.165, 1.54) is 17.5 Å². The number of aromatic amines is 1. The molecule has 1 amide bonds. The van der Waals surface area contributed by atoms with E-state index in [1.807, 2.05) is 24.3 Å². The van der Waals surface area contributed by atoms with Crippen LogP contribution < -0.4 is 5.32 Å². The fraction of sp³-hybridized carbons (Fsp3) is 0.0667. The van der Waals surface area contributed by atoms with Gasteiger partial charge in [0.15, 0.2) is 0 Å². The predicted octanol–water partition coefficient (Wildman–Crippen LogP) is 3.49. The topological polar surface area (TPSA) is 82.2 Å². The van der Waals surface area contributed by atoms with Crippen LogP contribution in [0.3, 0.4) is 0 Å². The van der Waals surface area contributed by atoms with Gasteiger partial charge in [0.05, 0.1) is 11.3 Å². The molecule has 3 rings (SSSR count). The number of carboxylic acids is 1. The van der Waals surface area contributed by atoms with Crippen molar-refractivity contribution in [2.45, 2.75) is 6.92 Å². The fourth-order valence-electron chi connectivity index (χ4n) is 2.24. The van der Waals surface area contributed by atoms with Crippen LogP contribution in [-0.2, 0) is 0 Å². The molecular formula is C15H12N2O3S. The molecule has 1 aromatic carbocycles. The number of nitrogens with one attached hydrogen (secondary N) is 2. The number of rotatable bonds is 3. The molecule has 0 aliphatic heterocycles. The van der Waals surface area contributed by atoms with E-state index in [9.17, 15) is 14.7 Å². The lowest BCUT2D eigenvalue weighted by Gasteiger charge is -2.04. The molecule has 2 aromatic heterocycles. The third kappa shape index (κ3) is 2.30. The summed E-state index contributed by atoms with van der Waals surface area (Å²) in [5.74, 6) is -1.38. The number of amides is 1. The average Bonchev–Trinajstić information content (AvgIpc) is 3.02. The van der Waals surface area contributed by atoms with Crippen molar-refractivity contribution in [2.75, 3.05) is 5.32 Å². The number of H-pyrrole nitrogens is 1. The molecule has 2 heterocycles. The quantitative estimate of drug-likeness (QED) is 0.692. The summed E-state index contributed by atoms with van der Waals surface area (Å²) in [6.45, 7) is 1.65. The maximum Gasteiger partial charge on any atom is 0.339 e. The van der Waals surface area contributed by atoms with Crippen LogP contribution in [0.4, 0.5) is 5.69 Å². The van der Waals surface area contributed by atoms with Crippen molar-refractivity contribution in [3.63, 3.8) is 0 Å². The van der Waals surface area contributed by atoms with Gasteiger partial charge in [-0.15, -0.1) is 11.3 Å². The Kier molecular flexibility index (Phi) is 3.23. The maximum absolute atomic E-state index is 12.4. The molecule has 0 saturated heterocycles. The van der Waals surface area contributed by atoms with Crippen LogP contribution in [0.2, 0.25) is 0 Å². The monoisotopic (exact) mass is 300 g/mol. The van der Waals surface area contributed by atoms with E-state index in [0.717, 1.165) is 10.1 Å². The first-order valence-corrected chi connectivity index (χ1v) is 7.14. The number of benzene rings is 1. The van der Waals surface area contributed by atoms with Crippen molar-refractivity contribution in [3.8, 4) is 0 Å². The summed E-state index contributed by atoms with van der Waals surface area (Å²) in [6, 6.07) is 7.61. The number of carboxylic acid groups (broad SMARTS) is 1. The standard InChI is InChI=1S/C15H12N2O3S/c1-8-13(15(19)20)11(6-16-8)17-14(18)10-7-21-12-5-3-2-4-9(10)12/h2-7,16H,1H3,(H,17,18)(H,19,20). The summed E-state index contributed by atoms with van der Waals surface area (Å²) < 4.78 is 1.02. The lowest BCUT2D eigenvalue weighted by molar-refractivity contribution is 0.0697. The lowest BCUT2D eigenvalue weighted by atomic mass is 10.1. The fourth-order valence-corrected chi connectivity index (χ4v) is 3.19. The Balaban J connectivity index is 1.96. The van der Waals surface area contributed by atoms with Crippen LogP contribution in [0.5, 0.6) is 0 Å². The number of aromatic carboxylic acids is 1. The van der Waals surface area contributed by atoms with Gasteiger partial charge in [0.25, 0.3) is 5.91 Å². The van der Waals surface area contributed by atoms with Crippen molar-refractivity contribution in [3.05, 3.63) is 52.7 Å². The maximum atomic E-state index is 12.4. The number of aryl methyl sites for hydroxylation is 1. The summed E-state index contributed by atoms with van der Waals surface area (Å²) in [5.41, 5.74) is 1.42. The van der Waals surface area contributed by atoms with Gasteiger partial charge in [-0.2, -0.15) is 0 Å². The molecule has 5 nitrogen and oxygen atoms in total. The van der Waals surface area contributed by atoms with Gasteiger partial charge in [-0.1, -0.05) is 18.2 Å². The number of carbonyl (C=O) groups is 2. The Morgan fingerprint density at radius 1 is 1.29 bits per heavy atom. The third-order valence-corrected chi connectivity index (χ3v) is 4.23. The van der Waals surface area contributed by atoms with E-state index in [1.54, 1.807) is 12.3 Å². The zero-order valence-electron chi connectivity index (χ0n) is 11.1. The number of anilines is 1. The van der Waals surface area contributed by atoms with Gasteiger partial charge < -0.3 is 15.4 Å². The molecule has 0 saturated carbocycles. The molecule has 0 spiro atoms. The van der Waals surface area contributed by atoms with Crippen molar-refractivity contribution in [2.24, 2.45) is 0 Å². The second kappa shape index (κ2) is 5.06. The normalized spacial score (nSPS) is 10.7. The predicted molar refractivity (Wildman–Crippen MR) is 82.3 cm³/mol. The van der Waals surface area contributed by atoms with Crippen LogP contribution in [0.1, 0.15) is 26.4 Å². The van der Waals surface area contributed by atoms with Crippen LogP contribution >= 0.6 is 11.3 Å². The highest BCUT2D eigenvalue weighted by Gasteiger charge is 2.19. The number of thiophene rings is 1. The van der Waals surface area contributed by atoms with Crippen LogP contribution in [0, 0.1) is 6.92 Å². The molecule has 0 unspecified atom stereocenters. The highest BCUT2D eigenvalue weighted by atomic mass is 32.1. The zero-order chi connectivity index (χ0) is 15.0. The largest absolute Gasteiger partial charge is 0.478 e. The average molecular weight is 300 g/mol. The second-order valence-electron chi connectivity index (χ2n) is 4.61. The van der Waals surface area contributed by atoms with Gasteiger partial charge in [-0.3, -0.25) is 4.79 Å². The van der Waals surface area contributed by atoms with Crippen LogP contribution in [0.25, 0.3) is 10.1 Å². The zero-order valence-corrected chi connectivity index (χ0v) is 12.0. The SMILES string of the molecule is Cc1[nH]cc(NC(=O)c2csc3ccccc23)c1C(=O)O. The molecule has 0 atom stereocenters. The number of carbonyl (C=O) groups excluding carboxylic acids is 1. The highest BCUT2D eigenvalue weighted by Crippen LogP contribution is 2.27. The molecule has 21 heavy (non-hydrogen) atoms. The van der Waals surface area contributed by atoms with Gasteiger partial charge in [0.2, 0.25) is 0 Å². The van der Waals surface area contributed by atoms with Gasteiger partial charge in [-0.05, 0) is 13.0 Å². The Bertz CT molecular complexity index is 848. The van der Waals surface area contributed by atoms with E-state index in [0.29, 0.717) is 11.3 Å². The molecule has 106 valence electrons. The molecule has 0 aliphatic carbocycles. The van der Waals surface area contributed by atoms with E-state index >= 15 is 0 Å². The molecular weight excluding hydrogens is 288 g/mol. The van der Waals surface area contributed by atoms with Gasteiger partial charge in [0.1, 0.15) is 5.56 Å². The Morgan fingerprint density at radius 2 is 2.05 bits per heavy atom. The highest BCUT2D eigenvalue weighted by molar-refractivity contribution is 7.17. The number of fused-ring (bicyclic) bond motifs is 1. The summed E-state index contributed by atoms with van der Waals surface area (Å²) in [7, 11) is 0. The first-order chi connectivity index (χ1) is 10.1. The summed E-state index contributed by atoms with van der Waals surface area (Å²) >= 11 is 1.48. The lowest BCUT2D eigenvalue weighted by Crippen LogP contribution is -2.13. The first kappa shape index (κ1) is 13.4. The second-order valence-corrected chi connectivity index (χ2v) is 5.52. The minimum absolute atomic E-state index is 0.0860. The molecule has 0 aliphatic rings. The van der Waals surface area contributed by atoms with Gasteiger partial charge in [0, 0.05) is 27.4 Å². The molecule has 0 radical (unpaired) electrons. The molecule has 0 bridgehead atoms. The Hall–Kier alpha value is -2.60. The van der Waals surface area contributed by atoms with Crippen molar-refractivity contribution in [1.82, 2.24) is 4.98 Å². The molecule has 3 aromatic rings. The summed E-state index contributed by atoms with van der Waals surface area (Å²) in [4.78, 5) is 26.4. The van der Waals surface area contributed by atoms with E-state index in [-0.39, 0.29) is 17.2 Å². The van der Waals surface area contributed by atoms with Gasteiger partial charge >= 0.3 is 5.97 Å². The third-order valence-electron chi connectivity index (χ3n) is 3.27. The van der Waals surface area contributed by atoms with Crippen LogP contribution in [-0.4, -0.2) is 22.0 Å². The van der Waals surface area contributed by atoms with E-state index in [4.69, 9.17) is 0 Å². The van der Waals surface area contributed by atoms with Gasteiger partial charge in [-0.25, -0.2) is 4.79 Å². The smallest absolute Gasteiger partial charge is 0.339 e.